The minimum absolute atomic E-state index is 0.0792. The van der Waals surface area contributed by atoms with Crippen LogP contribution in [0, 0.1) is 11.6 Å². The fourth-order valence-corrected chi connectivity index (χ4v) is 1.78. The van der Waals surface area contributed by atoms with Crippen LogP contribution < -0.4 is 16.8 Å². The standard InChI is InChI=1S/C14H13F2N3O/c15-9-2-1-8(12(16)5-9)7-19-13-6-10(17)3-4-11(13)14(18)20/h1-6,19H,7,17H2,(H2,18,20). The average Bonchev–Trinajstić information content (AvgIpc) is 2.37. The van der Waals surface area contributed by atoms with Gasteiger partial charge >= 0.3 is 0 Å². The molecule has 5 N–H and O–H groups in total. The molecule has 6 heteroatoms. The number of amides is 1. The maximum atomic E-state index is 13.5. The Morgan fingerprint density at radius 2 is 1.90 bits per heavy atom. The first-order valence-electron chi connectivity index (χ1n) is 5.84. The zero-order chi connectivity index (χ0) is 14.7. The Balaban J connectivity index is 2.22. The minimum Gasteiger partial charge on any atom is -0.399 e. The van der Waals surface area contributed by atoms with Crippen LogP contribution in [0.1, 0.15) is 15.9 Å². The normalized spacial score (nSPS) is 10.3. The predicted molar refractivity (Wildman–Crippen MR) is 73.1 cm³/mol. The van der Waals surface area contributed by atoms with Crippen LogP contribution in [0.25, 0.3) is 0 Å². The summed E-state index contributed by atoms with van der Waals surface area (Å²) in [6.45, 7) is 0.0792. The number of carbonyl (C=O) groups excluding carboxylic acids is 1. The highest BCUT2D eigenvalue weighted by Gasteiger charge is 2.09. The Kier molecular flexibility index (Phi) is 3.84. The summed E-state index contributed by atoms with van der Waals surface area (Å²) in [5, 5.41) is 2.87. The molecule has 0 saturated heterocycles. The van der Waals surface area contributed by atoms with E-state index in [0.29, 0.717) is 11.4 Å². The molecule has 0 aromatic heterocycles. The van der Waals surface area contributed by atoms with Crippen molar-refractivity contribution in [3.8, 4) is 0 Å². The first-order valence-corrected chi connectivity index (χ1v) is 5.84. The average molecular weight is 277 g/mol. The smallest absolute Gasteiger partial charge is 0.250 e. The van der Waals surface area contributed by atoms with Crippen LogP contribution >= 0.6 is 0 Å². The number of nitrogens with two attached hydrogens (primary N) is 2. The van der Waals surface area contributed by atoms with E-state index in [1.54, 1.807) is 6.07 Å². The van der Waals surface area contributed by atoms with Crippen molar-refractivity contribution >= 4 is 17.3 Å². The summed E-state index contributed by atoms with van der Waals surface area (Å²) in [4.78, 5) is 11.3. The van der Waals surface area contributed by atoms with Gasteiger partial charge in [-0.2, -0.15) is 0 Å². The molecule has 0 aliphatic carbocycles. The van der Waals surface area contributed by atoms with Gasteiger partial charge in [0.2, 0.25) is 0 Å². The van der Waals surface area contributed by atoms with Crippen molar-refractivity contribution in [3.63, 3.8) is 0 Å². The summed E-state index contributed by atoms with van der Waals surface area (Å²) < 4.78 is 26.3. The zero-order valence-electron chi connectivity index (χ0n) is 10.5. The van der Waals surface area contributed by atoms with Gasteiger partial charge < -0.3 is 16.8 Å². The van der Waals surface area contributed by atoms with Crippen LogP contribution in [-0.2, 0) is 6.54 Å². The van der Waals surface area contributed by atoms with Crippen molar-refractivity contribution in [3.05, 3.63) is 59.2 Å². The molecule has 2 aromatic carbocycles. The van der Waals surface area contributed by atoms with E-state index < -0.39 is 17.5 Å². The number of hydrogen-bond acceptors (Lipinski definition) is 3. The number of nitrogen functional groups attached to an aromatic ring is 1. The van der Waals surface area contributed by atoms with Crippen molar-refractivity contribution in [1.29, 1.82) is 0 Å². The molecule has 0 aliphatic heterocycles. The summed E-state index contributed by atoms with van der Waals surface area (Å²) in [5.41, 5.74) is 12.2. The molecule has 4 nitrogen and oxygen atoms in total. The highest BCUT2D eigenvalue weighted by molar-refractivity contribution is 5.99. The van der Waals surface area contributed by atoms with Crippen LogP contribution in [0.5, 0.6) is 0 Å². The lowest BCUT2D eigenvalue weighted by molar-refractivity contribution is 0.100. The fraction of sp³-hybridized carbons (Fsp3) is 0.0714. The maximum Gasteiger partial charge on any atom is 0.250 e. The second-order valence-corrected chi connectivity index (χ2v) is 4.26. The van der Waals surface area contributed by atoms with Gasteiger partial charge in [0, 0.05) is 29.5 Å². The molecule has 0 radical (unpaired) electrons. The summed E-state index contributed by atoms with van der Waals surface area (Å²) in [6.07, 6.45) is 0. The van der Waals surface area contributed by atoms with Crippen LogP contribution in [0.2, 0.25) is 0 Å². The summed E-state index contributed by atoms with van der Waals surface area (Å²) in [5.74, 6) is -1.93. The van der Waals surface area contributed by atoms with Crippen LogP contribution in [0.4, 0.5) is 20.2 Å². The lowest BCUT2D eigenvalue weighted by Gasteiger charge is -2.11. The number of primary amides is 1. The lowest BCUT2D eigenvalue weighted by Crippen LogP contribution is -2.15. The first-order chi connectivity index (χ1) is 9.47. The van der Waals surface area contributed by atoms with Gasteiger partial charge in [0.15, 0.2) is 0 Å². The third kappa shape index (κ3) is 3.03. The van der Waals surface area contributed by atoms with E-state index in [2.05, 4.69) is 5.32 Å². The van der Waals surface area contributed by atoms with Crippen molar-refractivity contribution in [2.24, 2.45) is 5.73 Å². The number of carbonyl (C=O) groups is 1. The van der Waals surface area contributed by atoms with Gasteiger partial charge in [0.05, 0.1) is 5.56 Å². The summed E-state index contributed by atoms with van der Waals surface area (Å²) >= 11 is 0. The van der Waals surface area contributed by atoms with E-state index >= 15 is 0 Å². The zero-order valence-corrected chi connectivity index (χ0v) is 10.5. The van der Waals surface area contributed by atoms with Gasteiger partial charge in [0.1, 0.15) is 11.6 Å². The van der Waals surface area contributed by atoms with E-state index in [-0.39, 0.29) is 17.7 Å². The van der Waals surface area contributed by atoms with Gasteiger partial charge in [-0.3, -0.25) is 4.79 Å². The summed E-state index contributed by atoms with van der Waals surface area (Å²) in [6, 6.07) is 7.85. The quantitative estimate of drug-likeness (QED) is 0.750. The molecule has 0 fully saturated rings. The van der Waals surface area contributed by atoms with Gasteiger partial charge in [0.25, 0.3) is 5.91 Å². The van der Waals surface area contributed by atoms with E-state index in [9.17, 15) is 13.6 Å². The molecule has 20 heavy (non-hydrogen) atoms. The molecule has 0 aliphatic rings. The first kappa shape index (κ1) is 13.8. The third-order valence-electron chi connectivity index (χ3n) is 2.79. The fourth-order valence-electron chi connectivity index (χ4n) is 1.78. The Morgan fingerprint density at radius 3 is 2.55 bits per heavy atom. The highest BCUT2D eigenvalue weighted by Crippen LogP contribution is 2.20. The Morgan fingerprint density at radius 1 is 1.15 bits per heavy atom. The molecular formula is C14H13F2N3O. The molecule has 2 aromatic rings. The SMILES string of the molecule is NC(=O)c1ccc(N)cc1NCc1ccc(F)cc1F. The second-order valence-electron chi connectivity index (χ2n) is 4.26. The van der Waals surface area contributed by atoms with Gasteiger partial charge in [-0.15, -0.1) is 0 Å². The van der Waals surface area contributed by atoms with Crippen molar-refractivity contribution in [1.82, 2.24) is 0 Å². The number of anilines is 2. The Hall–Kier alpha value is -2.63. The van der Waals surface area contributed by atoms with E-state index in [1.807, 2.05) is 0 Å². The van der Waals surface area contributed by atoms with Crippen molar-refractivity contribution < 1.29 is 13.6 Å². The lowest BCUT2D eigenvalue weighted by atomic mass is 10.1. The third-order valence-corrected chi connectivity index (χ3v) is 2.79. The predicted octanol–water partition coefficient (Wildman–Crippen LogP) is 2.26. The van der Waals surface area contributed by atoms with Crippen molar-refractivity contribution in [2.45, 2.75) is 6.54 Å². The Labute approximate surface area is 114 Å². The molecule has 0 heterocycles. The molecule has 0 bridgehead atoms. The molecule has 0 unspecified atom stereocenters. The number of halogens is 2. The van der Waals surface area contributed by atoms with Gasteiger partial charge in [-0.05, 0) is 24.3 Å². The minimum atomic E-state index is -0.665. The van der Waals surface area contributed by atoms with E-state index in [1.165, 1.54) is 18.2 Å². The van der Waals surface area contributed by atoms with Gasteiger partial charge in [-0.1, -0.05) is 6.07 Å². The Bertz CT molecular complexity index is 659. The maximum absolute atomic E-state index is 13.5. The van der Waals surface area contributed by atoms with Crippen LogP contribution in [-0.4, -0.2) is 5.91 Å². The molecule has 104 valence electrons. The molecule has 0 atom stereocenters. The van der Waals surface area contributed by atoms with Crippen molar-refractivity contribution in [2.75, 3.05) is 11.1 Å². The van der Waals surface area contributed by atoms with Crippen LogP contribution in [0.3, 0.4) is 0 Å². The van der Waals surface area contributed by atoms with Crippen LogP contribution in [0.15, 0.2) is 36.4 Å². The van der Waals surface area contributed by atoms with Gasteiger partial charge in [-0.25, -0.2) is 8.78 Å². The molecule has 2 rings (SSSR count). The number of nitrogens with one attached hydrogen (secondary N) is 1. The molecule has 0 saturated carbocycles. The number of benzene rings is 2. The summed E-state index contributed by atoms with van der Waals surface area (Å²) in [7, 11) is 0. The second kappa shape index (κ2) is 5.56. The topological polar surface area (TPSA) is 81.1 Å². The monoisotopic (exact) mass is 277 g/mol. The molecule has 1 amide bonds. The number of hydrogen-bond donors (Lipinski definition) is 3. The molecular weight excluding hydrogens is 264 g/mol. The number of rotatable bonds is 4. The largest absolute Gasteiger partial charge is 0.399 e. The van der Waals surface area contributed by atoms with E-state index in [0.717, 1.165) is 12.1 Å². The molecule has 0 spiro atoms. The highest BCUT2D eigenvalue weighted by atomic mass is 19.1. The van der Waals surface area contributed by atoms with E-state index in [4.69, 9.17) is 11.5 Å².